The number of rotatable bonds is 14. The van der Waals surface area contributed by atoms with E-state index in [-0.39, 0.29) is 17.7 Å². The van der Waals surface area contributed by atoms with Crippen LogP contribution in [0.5, 0.6) is 0 Å². The fourth-order valence-corrected chi connectivity index (χ4v) is 6.33. The second-order valence-corrected chi connectivity index (χ2v) is 12.2. The number of thiophene rings is 1. The van der Waals surface area contributed by atoms with Crippen LogP contribution in [0.2, 0.25) is 0 Å². The summed E-state index contributed by atoms with van der Waals surface area (Å²) in [7, 11) is 0. The highest BCUT2D eigenvalue weighted by molar-refractivity contribution is 7.09. The van der Waals surface area contributed by atoms with Crippen LogP contribution in [0.15, 0.2) is 35.7 Å². The maximum atomic E-state index is 13.4. The number of carbonyl (C=O) groups excluding carboxylic acids is 2. The molecule has 1 atom stereocenters. The van der Waals surface area contributed by atoms with Crippen LogP contribution in [0.25, 0.3) is 11.0 Å². The summed E-state index contributed by atoms with van der Waals surface area (Å²) in [5.41, 5.74) is 2.42. The molecule has 4 rings (SSSR count). The van der Waals surface area contributed by atoms with E-state index in [1.54, 1.807) is 11.3 Å². The van der Waals surface area contributed by atoms with Crippen LogP contribution in [-0.4, -0.2) is 58.5 Å². The minimum Gasteiger partial charge on any atom is -0.354 e. The number of imidazole rings is 1. The quantitative estimate of drug-likeness (QED) is 0.248. The van der Waals surface area contributed by atoms with E-state index in [0.29, 0.717) is 24.6 Å². The Bertz CT molecular complexity index is 1210. The van der Waals surface area contributed by atoms with Crippen molar-refractivity contribution >= 4 is 34.2 Å². The Hall–Kier alpha value is -2.71. The van der Waals surface area contributed by atoms with Crippen molar-refractivity contribution in [3.8, 4) is 0 Å². The molecule has 7 nitrogen and oxygen atoms in total. The Balaban J connectivity index is 1.47. The summed E-state index contributed by atoms with van der Waals surface area (Å²) in [6.45, 7) is 12.5. The van der Waals surface area contributed by atoms with Gasteiger partial charge in [-0.3, -0.25) is 9.59 Å². The first-order chi connectivity index (χ1) is 18.9. The lowest BCUT2D eigenvalue weighted by molar-refractivity contribution is -0.123. The molecular weight excluding hydrogens is 506 g/mol. The van der Waals surface area contributed by atoms with Gasteiger partial charge >= 0.3 is 0 Å². The SMILES string of the molecule is CCC(CC)n1c(Cc2cccs2)nc2cc(C(=O)N[C@@H](CC(C)C)C(=O)NCCCN3CCCC3)ccc21. The molecule has 2 amide bonds. The van der Waals surface area contributed by atoms with Gasteiger partial charge in [-0.25, -0.2) is 4.98 Å². The average molecular weight is 552 g/mol. The molecule has 0 radical (unpaired) electrons. The van der Waals surface area contributed by atoms with E-state index in [4.69, 9.17) is 4.98 Å². The highest BCUT2D eigenvalue weighted by Crippen LogP contribution is 2.28. The number of hydrogen-bond donors (Lipinski definition) is 2. The monoisotopic (exact) mass is 551 g/mol. The van der Waals surface area contributed by atoms with Crippen LogP contribution >= 0.6 is 11.3 Å². The van der Waals surface area contributed by atoms with Crippen LogP contribution in [0.1, 0.15) is 93.3 Å². The first-order valence-electron chi connectivity index (χ1n) is 14.7. The maximum absolute atomic E-state index is 13.4. The van der Waals surface area contributed by atoms with Gasteiger partial charge in [0.2, 0.25) is 5.91 Å². The highest BCUT2D eigenvalue weighted by Gasteiger charge is 2.24. The van der Waals surface area contributed by atoms with Gasteiger partial charge in [0.25, 0.3) is 5.91 Å². The Morgan fingerprint density at radius 3 is 2.54 bits per heavy atom. The van der Waals surface area contributed by atoms with Gasteiger partial charge in [-0.15, -0.1) is 11.3 Å². The number of hydrogen-bond acceptors (Lipinski definition) is 5. The van der Waals surface area contributed by atoms with Crippen LogP contribution in [0.4, 0.5) is 0 Å². The van der Waals surface area contributed by atoms with Crippen LogP contribution in [-0.2, 0) is 11.2 Å². The van der Waals surface area contributed by atoms with Crippen molar-refractivity contribution in [2.75, 3.05) is 26.2 Å². The van der Waals surface area contributed by atoms with Gasteiger partial charge in [-0.1, -0.05) is 33.8 Å². The largest absolute Gasteiger partial charge is 0.354 e. The van der Waals surface area contributed by atoms with Gasteiger partial charge < -0.3 is 20.1 Å². The zero-order valence-corrected chi connectivity index (χ0v) is 24.9. The molecule has 0 saturated carbocycles. The fourth-order valence-electron chi connectivity index (χ4n) is 5.63. The Labute approximate surface area is 237 Å². The molecule has 1 fully saturated rings. The number of carbonyl (C=O) groups is 2. The molecular formula is C31H45N5O2S. The normalized spacial score (nSPS) is 14.9. The third kappa shape index (κ3) is 7.70. The summed E-state index contributed by atoms with van der Waals surface area (Å²) < 4.78 is 2.36. The van der Waals surface area contributed by atoms with E-state index in [2.05, 4.69) is 65.3 Å². The van der Waals surface area contributed by atoms with E-state index in [1.807, 2.05) is 18.2 Å². The minimum atomic E-state index is -0.559. The number of amides is 2. The molecule has 1 aromatic carbocycles. The zero-order chi connectivity index (χ0) is 27.8. The number of likely N-dealkylation sites (tertiary alicyclic amines) is 1. The predicted molar refractivity (Wildman–Crippen MR) is 160 cm³/mol. The van der Waals surface area contributed by atoms with Gasteiger partial charge in [0.15, 0.2) is 0 Å². The van der Waals surface area contributed by atoms with Crippen molar-refractivity contribution in [3.05, 3.63) is 52.0 Å². The first-order valence-corrected chi connectivity index (χ1v) is 15.6. The lowest BCUT2D eigenvalue weighted by Crippen LogP contribution is -2.47. The molecule has 3 heterocycles. The highest BCUT2D eigenvalue weighted by atomic mass is 32.1. The van der Waals surface area contributed by atoms with Crippen molar-refractivity contribution in [1.29, 1.82) is 0 Å². The summed E-state index contributed by atoms with van der Waals surface area (Å²) in [6, 6.07) is 9.78. The maximum Gasteiger partial charge on any atom is 0.252 e. The van der Waals surface area contributed by atoms with E-state index in [1.165, 1.54) is 17.7 Å². The lowest BCUT2D eigenvalue weighted by Gasteiger charge is -2.21. The van der Waals surface area contributed by atoms with Gasteiger partial charge in [-0.2, -0.15) is 0 Å². The molecule has 0 bridgehead atoms. The fraction of sp³-hybridized carbons (Fsp3) is 0.581. The topological polar surface area (TPSA) is 79.3 Å². The molecule has 3 aromatic rings. The van der Waals surface area contributed by atoms with Crippen LogP contribution in [0, 0.1) is 5.92 Å². The Kier molecular flexibility index (Phi) is 10.6. The van der Waals surface area contributed by atoms with Gasteiger partial charge in [0, 0.05) is 29.4 Å². The third-order valence-electron chi connectivity index (χ3n) is 7.72. The summed E-state index contributed by atoms with van der Waals surface area (Å²) in [6.07, 6.45) is 6.89. The predicted octanol–water partition coefficient (Wildman–Crippen LogP) is 5.80. The zero-order valence-electron chi connectivity index (χ0n) is 24.0. The summed E-state index contributed by atoms with van der Waals surface area (Å²) >= 11 is 1.74. The second-order valence-electron chi connectivity index (χ2n) is 11.2. The summed E-state index contributed by atoms with van der Waals surface area (Å²) in [4.78, 5) is 35.1. The van der Waals surface area contributed by atoms with Gasteiger partial charge in [0.1, 0.15) is 11.9 Å². The molecule has 0 spiro atoms. The molecule has 212 valence electrons. The van der Waals surface area contributed by atoms with Crippen molar-refractivity contribution in [2.45, 2.75) is 84.7 Å². The van der Waals surface area contributed by atoms with E-state index in [0.717, 1.165) is 62.2 Å². The summed E-state index contributed by atoms with van der Waals surface area (Å²) in [5.74, 6) is 0.982. The molecule has 1 aliphatic heterocycles. The third-order valence-corrected chi connectivity index (χ3v) is 8.60. The van der Waals surface area contributed by atoms with E-state index >= 15 is 0 Å². The van der Waals surface area contributed by atoms with Crippen molar-refractivity contribution in [3.63, 3.8) is 0 Å². The molecule has 8 heteroatoms. The first kappa shape index (κ1) is 29.3. The van der Waals surface area contributed by atoms with Gasteiger partial charge in [-0.05, 0) is 93.7 Å². The number of aromatic nitrogens is 2. The second kappa shape index (κ2) is 14.1. The number of fused-ring (bicyclic) bond motifs is 1. The number of nitrogens with one attached hydrogen (secondary N) is 2. The van der Waals surface area contributed by atoms with Crippen molar-refractivity contribution in [1.82, 2.24) is 25.1 Å². The van der Waals surface area contributed by atoms with Crippen molar-refractivity contribution < 1.29 is 9.59 Å². The smallest absolute Gasteiger partial charge is 0.252 e. The average Bonchev–Trinajstić information content (AvgIpc) is 3.69. The summed E-state index contributed by atoms with van der Waals surface area (Å²) in [5, 5.41) is 8.18. The molecule has 1 saturated heterocycles. The molecule has 39 heavy (non-hydrogen) atoms. The van der Waals surface area contributed by atoms with Crippen LogP contribution < -0.4 is 10.6 Å². The molecule has 1 aliphatic rings. The molecule has 2 aromatic heterocycles. The van der Waals surface area contributed by atoms with E-state index in [9.17, 15) is 9.59 Å². The van der Waals surface area contributed by atoms with Crippen molar-refractivity contribution in [2.24, 2.45) is 5.92 Å². The molecule has 2 N–H and O–H groups in total. The Morgan fingerprint density at radius 2 is 1.87 bits per heavy atom. The van der Waals surface area contributed by atoms with Crippen LogP contribution in [0.3, 0.4) is 0 Å². The number of benzene rings is 1. The standard InChI is InChI=1S/C31H45N5O2S/c1-5-24(6-2)36-28-13-12-23(20-26(28)33-29(36)21-25-11-9-18-39-25)30(37)34-27(19-22(3)4)31(38)32-14-10-17-35-15-7-8-16-35/h9,11-13,18,20,22,24,27H,5-8,10,14-17,19,21H2,1-4H3,(H,32,38)(H,34,37)/t27-/m0/s1. The lowest BCUT2D eigenvalue weighted by atomic mass is 10.0. The molecule has 0 unspecified atom stereocenters. The molecule has 0 aliphatic carbocycles. The Morgan fingerprint density at radius 1 is 1.10 bits per heavy atom. The van der Waals surface area contributed by atoms with Gasteiger partial charge in [0.05, 0.1) is 11.0 Å². The minimum absolute atomic E-state index is 0.101. The number of nitrogens with zero attached hydrogens (tertiary/aromatic N) is 3. The van der Waals surface area contributed by atoms with E-state index < -0.39 is 6.04 Å².